The first-order chi connectivity index (χ1) is 11.5. The van der Waals surface area contributed by atoms with E-state index in [4.69, 9.17) is 0 Å². The number of carbonyl (C=O) groups is 1. The average Bonchev–Trinajstić information content (AvgIpc) is 2.56. The van der Waals surface area contributed by atoms with Crippen molar-refractivity contribution >= 4 is 5.91 Å². The highest BCUT2D eigenvalue weighted by atomic mass is 16.1. The van der Waals surface area contributed by atoms with Gasteiger partial charge in [0, 0.05) is 6.42 Å². The predicted molar refractivity (Wildman–Crippen MR) is 101 cm³/mol. The lowest BCUT2D eigenvalue weighted by atomic mass is 9.96. The minimum atomic E-state index is 0.0958. The number of rotatable bonds is 7. The molecule has 0 radical (unpaired) electrons. The smallest absolute Gasteiger partial charge is 0.220 e. The van der Waals surface area contributed by atoms with Crippen molar-refractivity contribution in [3.8, 4) is 0 Å². The maximum atomic E-state index is 12.4. The lowest BCUT2D eigenvalue weighted by Crippen LogP contribution is -2.29. The van der Waals surface area contributed by atoms with Crippen molar-refractivity contribution in [3.63, 3.8) is 0 Å². The molecule has 2 nitrogen and oxygen atoms in total. The molecule has 0 saturated carbocycles. The van der Waals surface area contributed by atoms with Gasteiger partial charge in [0.25, 0.3) is 0 Å². The van der Waals surface area contributed by atoms with Gasteiger partial charge in [0.1, 0.15) is 0 Å². The van der Waals surface area contributed by atoms with E-state index in [1.165, 1.54) is 22.3 Å². The van der Waals surface area contributed by atoms with E-state index in [1.54, 1.807) is 0 Å². The summed E-state index contributed by atoms with van der Waals surface area (Å²) in [6, 6.07) is 16.8. The Morgan fingerprint density at radius 2 is 1.71 bits per heavy atom. The Hall–Kier alpha value is -2.09. The zero-order valence-electron chi connectivity index (χ0n) is 15.3. The maximum absolute atomic E-state index is 12.4. The van der Waals surface area contributed by atoms with Gasteiger partial charge in [-0.05, 0) is 54.9 Å². The van der Waals surface area contributed by atoms with Crippen LogP contribution in [0.3, 0.4) is 0 Å². The minimum Gasteiger partial charge on any atom is -0.349 e. The second-order valence-electron chi connectivity index (χ2n) is 7.08. The quantitative estimate of drug-likeness (QED) is 0.751. The Kier molecular flexibility index (Phi) is 6.60. The molecule has 128 valence electrons. The fraction of sp³-hybridized carbons (Fsp3) is 0.409. The van der Waals surface area contributed by atoms with Crippen LogP contribution in [-0.2, 0) is 11.2 Å². The van der Waals surface area contributed by atoms with Crippen LogP contribution in [0.2, 0.25) is 0 Å². The van der Waals surface area contributed by atoms with Gasteiger partial charge in [-0.1, -0.05) is 62.4 Å². The predicted octanol–water partition coefficient (Wildman–Crippen LogP) is 5.14. The van der Waals surface area contributed by atoms with E-state index in [9.17, 15) is 4.79 Å². The van der Waals surface area contributed by atoms with E-state index >= 15 is 0 Å². The van der Waals surface area contributed by atoms with Gasteiger partial charge in [-0.15, -0.1) is 0 Å². The van der Waals surface area contributed by atoms with Crippen molar-refractivity contribution in [2.24, 2.45) is 5.92 Å². The molecule has 2 rings (SSSR count). The first-order valence-electron chi connectivity index (χ1n) is 8.86. The molecule has 24 heavy (non-hydrogen) atoms. The van der Waals surface area contributed by atoms with E-state index in [1.807, 2.05) is 18.2 Å². The van der Waals surface area contributed by atoms with Crippen LogP contribution in [0.1, 0.15) is 55.0 Å². The molecule has 0 fully saturated rings. The lowest BCUT2D eigenvalue weighted by molar-refractivity contribution is -0.121. The average molecular weight is 323 g/mol. The zero-order valence-corrected chi connectivity index (χ0v) is 15.3. The molecule has 0 saturated heterocycles. The number of hydrogen-bond acceptors (Lipinski definition) is 1. The molecular weight excluding hydrogens is 294 g/mol. The summed E-state index contributed by atoms with van der Waals surface area (Å²) in [5.41, 5.74) is 5.00. The maximum Gasteiger partial charge on any atom is 0.220 e. The highest BCUT2D eigenvalue weighted by Gasteiger charge is 2.15. The summed E-state index contributed by atoms with van der Waals surface area (Å²) >= 11 is 0. The summed E-state index contributed by atoms with van der Waals surface area (Å²) in [6.45, 7) is 8.61. The molecule has 1 N–H and O–H groups in total. The molecule has 0 spiro atoms. The number of aryl methyl sites for hydroxylation is 3. The standard InChI is InChI=1S/C22H29NO/c1-16(2)14-21(20-8-6-5-7-9-20)23-22(24)13-12-19-11-10-17(3)18(4)15-19/h5-11,15-16,21H,12-14H2,1-4H3,(H,23,24)/t21-/m1/s1. The van der Waals surface area contributed by atoms with Crippen LogP contribution in [0.25, 0.3) is 0 Å². The number of carbonyl (C=O) groups excluding carboxylic acids is 1. The van der Waals surface area contributed by atoms with Gasteiger partial charge in [-0.2, -0.15) is 0 Å². The summed E-state index contributed by atoms with van der Waals surface area (Å²) in [5, 5.41) is 3.22. The van der Waals surface area contributed by atoms with Crippen LogP contribution >= 0.6 is 0 Å². The number of hydrogen-bond donors (Lipinski definition) is 1. The molecule has 0 aliphatic rings. The number of amides is 1. The molecule has 0 heterocycles. The first kappa shape index (κ1) is 18.3. The Balaban J connectivity index is 1.96. The number of benzene rings is 2. The molecule has 1 amide bonds. The summed E-state index contributed by atoms with van der Waals surface area (Å²) in [4.78, 5) is 12.4. The van der Waals surface area contributed by atoms with Crippen molar-refractivity contribution < 1.29 is 4.79 Å². The van der Waals surface area contributed by atoms with Crippen molar-refractivity contribution in [1.82, 2.24) is 5.32 Å². The topological polar surface area (TPSA) is 29.1 Å². The summed E-state index contributed by atoms with van der Waals surface area (Å²) in [6.07, 6.45) is 2.28. The molecule has 2 aromatic rings. The van der Waals surface area contributed by atoms with Crippen molar-refractivity contribution in [2.45, 2.75) is 53.0 Å². The monoisotopic (exact) mass is 323 g/mol. The zero-order chi connectivity index (χ0) is 17.5. The second kappa shape index (κ2) is 8.68. The SMILES string of the molecule is Cc1ccc(CCC(=O)N[C@H](CC(C)C)c2ccccc2)cc1C. The third kappa shape index (κ3) is 5.52. The van der Waals surface area contributed by atoms with E-state index in [0.29, 0.717) is 12.3 Å². The normalized spacial score (nSPS) is 12.2. The molecule has 0 aliphatic carbocycles. The van der Waals surface area contributed by atoms with E-state index in [2.05, 4.69) is 63.3 Å². The fourth-order valence-corrected chi connectivity index (χ4v) is 2.92. The van der Waals surface area contributed by atoms with Crippen LogP contribution in [-0.4, -0.2) is 5.91 Å². The lowest BCUT2D eigenvalue weighted by Gasteiger charge is -2.21. The Labute approximate surface area is 146 Å². The summed E-state index contributed by atoms with van der Waals surface area (Å²) in [5.74, 6) is 0.665. The first-order valence-corrected chi connectivity index (χ1v) is 8.86. The third-order valence-electron chi connectivity index (χ3n) is 4.46. The highest BCUT2D eigenvalue weighted by Crippen LogP contribution is 2.21. The van der Waals surface area contributed by atoms with Crippen molar-refractivity contribution in [3.05, 3.63) is 70.8 Å². The van der Waals surface area contributed by atoms with E-state index in [-0.39, 0.29) is 11.9 Å². The van der Waals surface area contributed by atoms with Gasteiger partial charge in [0.2, 0.25) is 5.91 Å². The van der Waals surface area contributed by atoms with Crippen LogP contribution in [0.5, 0.6) is 0 Å². The third-order valence-corrected chi connectivity index (χ3v) is 4.46. The Bertz CT molecular complexity index is 661. The Morgan fingerprint density at radius 3 is 2.33 bits per heavy atom. The van der Waals surface area contributed by atoms with Crippen molar-refractivity contribution in [2.75, 3.05) is 0 Å². The highest BCUT2D eigenvalue weighted by molar-refractivity contribution is 5.76. The molecule has 2 heteroatoms. The minimum absolute atomic E-state index is 0.0958. The molecule has 2 aromatic carbocycles. The van der Waals surface area contributed by atoms with Gasteiger partial charge in [0.05, 0.1) is 6.04 Å². The molecule has 0 unspecified atom stereocenters. The molecule has 0 aromatic heterocycles. The van der Waals surface area contributed by atoms with Gasteiger partial charge >= 0.3 is 0 Å². The van der Waals surface area contributed by atoms with Gasteiger partial charge in [-0.3, -0.25) is 4.79 Å². The largest absolute Gasteiger partial charge is 0.349 e. The second-order valence-corrected chi connectivity index (χ2v) is 7.08. The summed E-state index contributed by atoms with van der Waals surface area (Å²) in [7, 11) is 0. The molecule has 0 aliphatic heterocycles. The van der Waals surface area contributed by atoms with Gasteiger partial charge in [0.15, 0.2) is 0 Å². The fourth-order valence-electron chi connectivity index (χ4n) is 2.92. The van der Waals surface area contributed by atoms with E-state index in [0.717, 1.165) is 12.8 Å². The van der Waals surface area contributed by atoms with Crippen LogP contribution in [0.15, 0.2) is 48.5 Å². The summed E-state index contributed by atoms with van der Waals surface area (Å²) < 4.78 is 0. The van der Waals surface area contributed by atoms with Gasteiger partial charge in [-0.25, -0.2) is 0 Å². The van der Waals surface area contributed by atoms with Crippen LogP contribution in [0, 0.1) is 19.8 Å². The number of nitrogens with one attached hydrogen (secondary N) is 1. The van der Waals surface area contributed by atoms with E-state index < -0.39 is 0 Å². The Morgan fingerprint density at radius 1 is 1.00 bits per heavy atom. The van der Waals surface area contributed by atoms with Crippen LogP contribution < -0.4 is 5.32 Å². The van der Waals surface area contributed by atoms with Crippen LogP contribution in [0.4, 0.5) is 0 Å². The van der Waals surface area contributed by atoms with Gasteiger partial charge < -0.3 is 5.32 Å². The molecule has 1 atom stereocenters. The molecule has 0 bridgehead atoms. The molecular formula is C22H29NO. The van der Waals surface area contributed by atoms with Crippen molar-refractivity contribution in [1.29, 1.82) is 0 Å².